The van der Waals surface area contributed by atoms with E-state index in [1.54, 1.807) is 40.0 Å². The van der Waals surface area contributed by atoms with Crippen LogP contribution in [0, 0.1) is 6.92 Å². The molecule has 1 aromatic heterocycles. The molecule has 0 unspecified atom stereocenters. The molecule has 30 heavy (non-hydrogen) atoms. The maximum absolute atomic E-state index is 12.7. The summed E-state index contributed by atoms with van der Waals surface area (Å²) in [5.74, 6) is -0.675. The molecule has 1 aromatic carbocycles. The van der Waals surface area contributed by atoms with Crippen molar-refractivity contribution in [3.8, 4) is 0 Å². The minimum atomic E-state index is -3.84. The fraction of sp³-hybridized carbons (Fsp3) is 0.350. The lowest BCUT2D eigenvalue weighted by molar-refractivity contribution is 0.0483. The molecule has 2 rings (SSSR count). The third-order valence-corrected chi connectivity index (χ3v) is 5.42. The van der Waals surface area contributed by atoms with Crippen molar-refractivity contribution in [3.63, 3.8) is 0 Å². The minimum absolute atomic E-state index is 0.0200. The molecule has 2 amide bonds. The van der Waals surface area contributed by atoms with Crippen LogP contribution in [0.4, 0.5) is 4.79 Å². The molecule has 0 aliphatic rings. The van der Waals surface area contributed by atoms with E-state index in [1.165, 1.54) is 18.2 Å². The quantitative estimate of drug-likeness (QED) is 0.598. The van der Waals surface area contributed by atoms with Gasteiger partial charge >= 0.3 is 6.09 Å². The molecule has 2 aromatic rings. The second-order valence-corrected chi connectivity index (χ2v) is 9.27. The third-order valence-electron chi connectivity index (χ3n) is 3.82. The van der Waals surface area contributed by atoms with Crippen LogP contribution in [0.2, 0.25) is 0 Å². The van der Waals surface area contributed by atoms with Gasteiger partial charge in [0.1, 0.15) is 5.60 Å². The van der Waals surface area contributed by atoms with Crippen LogP contribution in [0.15, 0.2) is 47.5 Å². The summed E-state index contributed by atoms with van der Waals surface area (Å²) >= 11 is 0. The summed E-state index contributed by atoms with van der Waals surface area (Å²) < 4.78 is 32.9. The summed E-state index contributed by atoms with van der Waals surface area (Å²) in [5, 5.41) is 0. The molecule has 0 bridgehead atoms. The highest BCUT2D eigenvalue weighted by atomic mass is 32.2. The third kappa shape index (κ3) is 7.12. The second kappa shape index (κ2) is 9.68. The van der Waals surface area contributed by atoms with Gasteiger partial charge in [0.05, 0.1) is 4.90 Å². The van der Waals surface area contributed by atoms with Crippen LogP contribution in [0.1, 0.15) is 42.4 Å². The summed E-state index contributed by atoms with van der Waals surface area (Å²) in [6, 6.07) is 9.66. The molecule has 0 aliphatic heterocycles. The molecule has 0 atom stereocenters. The van der Waals surface area contributed by atoms with Crippen molar-refractivity contribution in [3.05, 3.63) is 59.4 Å². The highest BCUT2D eigenvalue weighted by Crippen LogP contribution is 2.17. The molecule has 0 saturated heterocycles. The van der Waals surface area contributed by atoms with E-state index >= 15 is 0 Å². The van der Waals surface area contributed by atoms with Crippen LogP contribution in [0.3, 0.4) is 0 Å². The summed E-state index contributed by atoms with van der Waals surface area (Å²) in [5.41, 5.74) is 4.92. The zero-order valence-corrected chi connectivity index (χ0v) is 18.2. The monoisotopic (exact) mass is 434 g/mol. The van der Waals surface area contributed by atoms with Gasteiger partial charge in [0.15, 0.2) is 0 Å². The first-order valence-corrected chi connectivity index (χ1v) is 10.8. The van der Waals surface area contributed by atoms with Gasteiger partial charge in [0.25, 0.3) is 5.91 Å². The van der Waals surface area contributed by atoms with Crippen LogP contribution in [-0.4, -0.2) is 37.5 Å². The zero-order valence-electron chi connectivity index (χ0n) is 17.4. The number of carbonyl (C=O) groups excluding carboxylic acids is 2. The number of nitrogens with zero attached hydrogens (tertiary/aromatic N) is 1. The molecule has 3 N–H and O–H groups in total. The highest BCUT2D eigenvalue weighted by molar-refractivity contribution is 7.89. The van der Waals surface area contributed by atoms with Crippen molar-refractivity contribution in [2.75, 3.05) is 6.54 Å². The Kier molecular flexibility index (Phi) is 7.52. The number of carbonyl (C=O) groups is 2. The number of ether oxygens (including phenoxy) is 1. The molecule has 1 heterocycles. The predicted octanol–water partition coefficient (Wildman–Crippen LogP) is 2.08. The summed E-state index contributed by atoms with van der Waals surface area (Å²) in [6.45, 7) is 6.86. The standard InChI is InChI=1S/C20H26N4O5S/c1-14-8-9-15(18(25)23-24-19(26)29-20(2,3)4)13-17(14)30(27,28)22-12-10-16-7-5-6-11-21-16/h5-9,11,13,22H,10,12H2,1-4H3,(H,23,25)(H,24,26). The first-order valence-electron chi connectivity index (χ1n) is 9.27. The number of aryl methyl sites for hydroxylation is 1. The van der Waals surface area contributed by atoms with Crippen LogP contribution in [-0.2, 0) is 21.2 Å². The number of hydrogen-bond acceptors (Lipinski definition) is 6. The lowest BCUT2D eigenvalue weighted by atomic mass is 10.1. The Morgan fingerprint density at radius 2 is 1.83 bits per heavy atom. The summed E-state index contributed by atoms with van der Waals surface area (Å²) in [4.78, 5) is 28.1. The van der Waals surface area contributed by atoms with Crippen LogP contribution >= 0.6 is 0 Å². The number of hydrazine groups is 1. The fourth-order valence-corrected chi connectivity index (χ4v) is 3.75. The number of aromatic nitrogens is 1. The number of nitrogens with one attached hydrogen (secondary N) is 3. The van der Waals surface area contributed by atoms with Crippen molar-refractivity contribution in [1.29, 1.82) is 0 Å². The zero-order chi connectivity index (χ0) is 22.4. The lowest BCUT2D eigenvalue weighted by Crippen LogP contribution is -2.44. The molecule has 10 heteroatoms. The van der Waals surface area contributed by atoms with Gasteiger partial charge in [-0.15, -0.1) is 0 Å². The topological polar surface area (TPSA) is 126 Å². The average Bonchev–Trinajstić information content (AvgIpc) is 2.65. The summed E-state index contributed by atoms with van der Waals surface area (Å²) in [6.07, 6.45) is 1.24. The number of rotatable bonds is 6. The van der Waals surface area contributed by atoms with Crippen LogP contribution < -0.4 is 15.6 Å². The number of amides is 2. The van der Waals surface area contributed by atoms with Gasteiger partial charge in [-0.2, -0.15) is 0 Å². The second-order valence-electron chi connectivity index (χ2n) is 7.53. The van der Waals surface area contributed by atoms with Crippen molar-refractivity contribution >= 4 is 22.0 Å². The first-order chi connectivity index (χ1) is 14.0. The highest BCUT2D eigenvalue weighted by Gasteiger charge is 2.20. The van der Waals surface area contributed by atoms with E-state index in [4.69, 9.17) is 4.74 Å². The molecule has 0 fully saturated rings. The first kappa shape index (κ1) is 23.3. The van der Waals surface area contributed by atoms with Crippen LogP contribution in [0.25, 0.3) is 0 Å². The number of hydrogen-bond donors (Lipinski definition) is 3. The Hall–Kier alpha value is -2.98. The normalized spacial score (nSPS) is 11.6. The Bertz CT molecular complexity index is 1000. The van der Waals surface area contributed by atoms with Gasteiger partial charge in [-0.1, -0.05) is 12.1 Å². The van der Waals surface area contributed by atoms with Crippen molar-refractivity contribution in [2.45, 2.75) is 44.6 Å². The van der Waals surface area contributed by atoms with Gasteiger partial charge in [-0.25, -0.2) is 23.4 Å². The Morgan fingerprint density at radius 3 is 2.47 bits per heavy atom. The molecule has 9 nitrogen and oxygen atoms in total. The lowest BCUT2D eigenvalue weighted by Gasteiger charge is -2.19. The predicted molar refractivity (Wildman–Crippen MR) is 111 cm³/mol. The minimum Gasteiger partial charge on any atom is -0.443 e. The fourth-order valence-electron chi connectivity index (χ4n) is 2.45. The van der Waals surface area contributed by atoms with Gasteiger partial charge < -0.3 is 4.74 Å². The van der Waals surface area contributed by atoms with Gasteiger partial charge in [-0.3, -0.25) is 15.2 Å². The smallest absolute Gasteiger partial charge is 0.426 e. The molecule has 0 saturated carbocycles. The number of sulfonamides is 1. The Balaban J connectivity index is 2.04. The van der Waals surface area contributed by atoms with E-state index in [0.29, 0.717) is 12.0 Å². The molecular weight excluding hydrogens is 408 g/mol. The Labute approximate surface area is 176 Å². The number of benzene rings is 1. The SMILES string of the molecule is Cc1ccc(C(=O)NNC(=O)OC(C)(C)C)cc1S(=O)(=O)NCCc1ccccn1. The van der Waals surface area contributed by atoms with Gasteiger partial charge in [0.2, 0.25) is 10.0 Å². The van der Waals surface area contributed by atoms with Gasteiger partial charge in [0, 0.05) is 30.4 Å². The van der Waals surface area contributed by atoms with Gasteiger partial charge in [-0.05, 0) is 57.5 Å². The average molecular weight is 435 g/mol. The molecule has 0 aliphatic carbocycles. The van der Waals surface area contributed by atoms with E-state index in [2.05, 4.69) is 20.6 Å². The summed E-state index contributed by atoms with van der Waals surface area (Å²) in [7, 11) is -3.84. The number of pyridine rings is 1. The van der Waals surface area contributed by atoms with Crippen LogP contribution in [0.5, 0.6) is 0 Å². The largest absolute Gasteiger partial charge is 0.443 e. The van der Waals surface area contributed by atoms with E-state index < -0.39 is 27.6 Å². The van der Waals surface area contributed by atoms with E-state index in [0.717, 1.165) is 5.69 Å². The van der Waals surface area contributed by atoms with E-state index in [1.807, 2.05) is 12.1 Å². The Morgan fingerprint density at radius 1 is 1.10 bits per heavy atom. The van der Waals surface area contributed by atoms with Crippen molar-refractivity contribution < 1.29 is 22.7 Å². The van der Waals surface area contributed by atoms with E-state index in [9.17, 15) is 18.0 Å². The maximum atomic E-state index is 12.7. The maximum Gasteiger partial charge on any atom is 0.426 e. The van der Waals surface area contributed by atoms with Crippen molar-refractivity contribution in [2.24, 2.45) is 0 Å². The molecule has 0 spiro atoms. The molecular formula is C20H26N4O5S. The van der Waals surface area contributed by atoms with Crippen molar-refractivity contribution in [1.82, 2.24) is 20.6 Å². The molecule has 0 radical (unpaired) electrons. The van der Waals surface area contributed by atoms with E-state index in [-0.39, 0.29) is 17.0 Å². The molecule has 162 valence electrons.